The van der Waals surface area contributed by atoms with Gasteiger partial charge in [0.25, 0.3) is 0 Å². The van der Waals surface area contributed by atoms with Crippen LogP contribution in [0.15, 0.2) is 36.5 Å². The average molecular weight is 539 g/mol. The molecule has 0 aliphatic carbocycles. The molecule has 0 saturated carbocycles. The van der Waals surface area contributed by atoms with Crippen molar-refractivity contribution in [3.63, 3.8) is 0 Å². The molecule has 16 heteroatoms. The van der Waals surface area contributed by atoms with Gasteiger partial charge in [0.15, 0.2) is 0 Å². The number of cyclic esters (lactones) is 2. The molecule has 0 bridgehead atoms. The number of aliphatic hydroxyl groups excluding tert-OH is 1. The Morgan fingerprint density at radius 2 is 1.69 bits per heavy atom. The van der Waals surface area contributed by atoms with E-state index >= 15 is 0 Å². The number of phosphoric acid groups is 1. The van der Waals surface area contributed by atoms with Crippen molar-refractivity contribution in [3.8, 4) is 16.9 Å². The van der Waals surface area contributed by atoms with Crippen LogP contribution in [0.5, 0.6) is 5.75 Å². The molecule has 4 rings (SSSR count). The minimum atomic E-state index is -5.17. The molecule has 2 aromatic rings. The molecule has 3 heterocycles. The van der Waals surface area contributed by atoms with Gasteiger partial charge in [-0.05, 0) is 29.8 Å². The third-order valence-corrected chi connectivity index (χ3v) is 5.66. The van der Waals surface area contributed by atoms with Gasteiger partial charge in [0.2, 0.25) is 0 Å². The van der Waals surface area contributed by atoms with Crippen LogP contribution in [0.3, 0.4) is 0 Å². The number of benzene rings is 1. The van der Waals surface area contributed by atoms with Crippen LogP contribution in [-0.4, -0.2) is 67.9 Å². The number of hydrogen-bond acceptors (Lipinski definition) is 11. The van der Waals surface area contributed by atoms with Gasteiger partial charge < -0.3 is 38.2 Å². The smallest absolute Gasteiger partial charge is 0.790 e. The number of carbonyl (C=O) groups is 2. The molecule has 2 fully saturated rings. The van der Waals surface area contributed by atoms with Gasteiger partial charge in [-0.15, -0.1) is 0 Å². The van der Waals surface area contributed by atoms with Crippen molar-refractivity contribution in [1.82, 2.24) is 4.98 Å². The van der Waals surface area contributed by atoms with Crippen LogP contribution in [0, 0.1) is 0 Å². The molecule has 2 amide bonds. The molecule has 2 unspecified atom stereocenters. The molecule has 13 nitrogen and oxygen atoms in total. The van der Waals surface area contributed by atoms with Crippen LogP contribution in [0.25, 0.3) is 11.1 Å². The third-order valence-electron chi connectivity index (χ3n) is 5.20. The summed E-state index contributed by atoms with van der Waals surface area (Å²) in [5, 5.41) is 9.24. The minimum absolute atomic E-state index is 0. The normalized spacial score (nSPS) is 19.3. The number of nitrogens with zero attached hydrogens (tertiary/aromatic N) is 3. The molecular formula is C20H20N3Na2O10P. The quantitative estimate of drug-likeness (QED) is 0.250. The summed E-state index contributed by atoms with van der Waals surface area (Å²) in [5.41, 5.74) is 1.91. The fourth-order valence-electron chi connectivity index (χ4n) is 3.58. The molecule has 1 aromatic carbocycles. The maximum atomic E-state index is 12.1. The van der Waals surface area contributed by atoms with E-state index in [2.05, 4.69) is 9.51 Å². The number of methoxy groups -OCH3 is 1. The van der Waals surface area contributed by atoms with Gasteiger partial charge >= 0.3 is 71.3 Å². The zero-order chi connectivity index (χ0) is 24.5. The first-order valence-corrected chi connectivity index (χ1v) is 11.5. The van der Waals surface area contributed by atoms with Gasteiger partial charge in [-0.25, -0.2) is 14.6 Å². The predicted molar refractivity (Wildman–Crippen MR) is 112 cm³/mol. The van der Waals surface area contributed by atoms with Crippen LogP contribution < -0.4 is 83.4 Å². The summed E-state index contributed by atoms with van der Waals surface area (Å²) in [6.07, 6.45) is -1.33. The van der Waals surface area contributed by atoms with Crippen molar-refractivity contribution >= 4 is 31.5 Å². The number of hydrogen-bond donors (Lipinski definition) is 1. The Hall–Kier alpha value is -1.22. The fraction of sp³-hybridized carbons (Fsp3) is 0.350. The summed E-state index contributed by atoms with van der Waals surface area (Å²) in [6.45, 7) is -0.688. The topological polar surface area (TPSA) is 174 Å². The van der Waals surface area contributed by atoms with E-state index in [1.54, 1.807) is 30.3 Å². The molecule has 2 saturated heterocycles. The number of phosphoric ester groups is 1. The second-order valence-electron chi connectivity index (χ2n) is 7.45. The van der Waals surface area contributed by atoms with Crippen LogP contribution >= 0.6 is 7.82 Å². The molecule has 1 aromatic heterocycles. The Morgan fingerprint density at radius 3 is 2.28 bits per heavy atom. The number of aromatic nitrogens is 1. The Kier molecular flexibility index (Phi) is 11.2. The van der Waals surface area contributed by atoms with Crippen LogP contribution in [0.1, 0.15) is 0 Å². The number of ether oxygens (including phenoxy) is 3. The Labute approximate surface area is 250 Å². The van der Waals surface area contributed by atoms with Crippen molar-refractivity contribution in [2.45, 2.75) is 12.2 Å². The van der Waals surface area contributed by atoms with E-state index in [1.165, 1.54) is 23.1 Å². The van der Waals surface area contributed by atoms with E-state index in [4.69, 9.17) is 14.2 Å². The van der Waals surface area contributed by atoms with Gasteiger partial charge in [-0.3, -0.25) is 9.80 Å². The van der Waals surface area contributed by atoms with Gasteiger partial charge in [0, 0.05) is 11.8 Å². The summed E-state index contributed by atoms with van der Waals surface area (Å²) in [4.78, 5) is 52.3. The van der Waals surface area contributed by atoms with E-state index in [0.717, 1.165) is 5.56 Å². The first kappa shape index (κ1) is 31.0. The molecule has 36 heavy (non-hydrogen) atoms. The van der Waals surface area contributed by atoms with Crippen LogP contribution in [0.4, 0.5) is 21.1 Å². The number of pyridine rings is 1. The van der Waals surface area contributed by atoms with Crippen LogP contribution in [0.2, 0.25) is 0 Å². The molecule has 0 radical (unpaired) electrons. The molecule has 2 atom stereocenters. The van der Waals surface area contributed by atoms with Gasteiger partial charge in [0.05, 0.1) is 46.9 Å². The van der Waals surface area contributed by atoms with E-state index in [-0.39, 0.29) is 84.6 Å². The maximum Gasteiger partial charge on any atom is 1.00 e. The molecule has 1 N–H and O–H groups in total. The average Bonchev–Trinajstić information content (AvgIpc) is 3.38. The molecular weight excluding hydrogens is 519 g/mol. The Balaban J connectivity index is 0.00000228. The standard InChI is InChI=1S/C20H22N3O10P.2Na/c1-30-17-6-12(2-4-16(17)22-8-14(10-24)32-19(22)25)13-3-5-18(21-7-13)23-9-15(33-20(23)26)11-31-34(27,28)29;;/h2-7,14-15,24H,8-11H2,1H3,(H2,27,28,29);;/q;2*+1/p-2. The van der Waals surface area contributed by atoms with E-state index in [1.807, 2.05) is 0 Å². The zero-order valence-corrected chi connectivity index (χ0v) is 24.8. The Bertz CT molecular complexity index is 1130. The van der Waals surface area contributed by atoms with Crippen molar-refractivity contribution < 1.29 is 107 Å². The second-order valence-corrected chi connectivity index (χ2v) is 8.60. The number of rotatable bonds is 8. The van der Waals surface area contributed by atoms with E-state index in [9.17, 15) is 29.0 Å². The van der Waals surface area contributed by atoms with E-state index in [0.29, 0.717) is 17.0 Å². The van der Waals surface area contributed by atoms with Crippen molar-refractivity contribution in [2.24, 2.45) is 0 Å². The molecule has 2 aliphatic rings. The molecule has 0 spiro atoms. The van der Waals surface area contributed by atoms with Crippen molar-refractivity contribution in [1.29, 1.82) is 0 Å². The Morgan fingerprint density at radius 1 is 1.06 bits per heavy atom. The minimum Gasteiger partial charge on any atom is -0.790 e. The number of aliphatic hydroxyl groups is 1. The largest absolute Gasteiger partial charge is 1.00 e. The van der Waals surface area contributed by atoms with Gasteiger partial charge in [-0.1, -0.05) is 6.07 Å². The van der Waals surface area contributed by atoms with Gasteiger partial charge in [-0.2, -0.15) is 0 Å². The number of amides is 2. The second kappa shape index (κ2) is 13.0. The predicted octanol–water partition coefficient (Wildman–Crippen LogP) is -5.75. The number of carbonyl (C=O) groups excluding carboxylic acids is 2. The zero-order valence-electron chi connectivity index (χ0n) is 19.9. The third kappa shape index (κ3) is 7.21. The first-order valence-electron chi connectivity index (χ1n) is 10.1. The van der Waals surface area contributed by atoms with Gasteiger partial charge in [0.1, 0.15) is 23.8 Å². The summed E-state index contributed by atoms with van der Waals surface area (Å²) >= 11 is 0. The van der Waals surface area contributed by atoms with Crippen molar-refractivity contribution in [3.05, 3.63) is 36.5 Å². The molecule has 2 aliphatic heterocycles. The summed E-state index contributed by atoms with van der Waals surface area (Å²) in [5.74, 6) is 0.680. The summed E-state index contributed by atoms with van der Waals surface area (Å²) in [7, 11) is -3.71. The monoisotopic (exact) mass is 539 g/mol. The fourth-order valence-corrected chi connectivity index (χ4v) is 3.93. The molecule has 182 valence electrons. The maximum absolute atomic E-state index is 12.1. The number of anilines is 2. The first-order chi connectivity index (χ1) is 16.2. The van der Waals surface area contributed by atoms with Crippen molar-refractivity contribution in [2.75, 3.05) is 43.2 Å². The summed E-state index contributed by atoms with van der Waals surface area (Å²) in [6, 6.07) is 8.46. The van der Waals surface area contributed by atoms with E-state index < -0.39 is 38.8 Å². The summed E-state index contributed by atoms with van der Waals surface area (Å²) < 4.78 is 30.3. The SMILES string of the molecule is COc1cc(-c2ccc(N3CC(COP(=O)([O-])[O-])OC3=O)nc2)ccc1N1CC(CO)OC1=O.[Na+].[Na+]. The van der Waals surface area contributed by atoms with Crippen LogP contribution in [-0.2, 0) is 18.6 Å².